The normalized spacial score (nSPS) is 19.3. The first-order valence-corrected chi connectivity index (χ1v) is 7.06. The Labute approximate surface area is 101 Å². The van der Waals surface area contributed by atoms with E-state index in [1.165, 1.54) is 36.8 Å². The maximum atomic E-state index is 3.68. The van der Waals surface area contributed by atoms with Gasteiger partial charge < -0.3 is 0 Å². The lowest BCUT2D eigenvalue weighted by Crippen LogP contribution is -2.11. The molecular weight excluding hydrogens is 248 g/mol. The first kappa shape index (κ1) is 11.2. The summed E-state index contributed by atoms with van der Waals surface area (Å²) in [4.78, 5) is 0. The summed E-state index contributed by atoms with van der Waals surface area (Å²) in [5, 5.41) is 1.11. The highest BCUT2D eigenvalue weighted by Gasteiger charge is 2.25. The zero-order valence-electron chi connectivity index (χ0n) is 9.38. The minimum absolute atomic E-state index is 0.730. The molecule has 1 saturated carbocycles. The lowest BCUT2D eigenvalue weighted by atomic mass is 9.86. The molecule has 0 aromatic heterocycles. The Morgan fingerprint density at radius 2 is 1.80 bits per heavy atom. The molecule has 0 aliphatic heterocycles. The number of rotatable bonds is 3. The van der Waals surface area contributed by atoms with Crippen LogP contribution in [0.3, 0.4) is 0 Å². The predicted octanol–water partition coefficient (Wildman–Crippen LogP) is 4.66. The van der Waals surface area contributed by atoms with Crippen LogP contribution in [0.5, 0.6) is 0 Å². The molecule has 1 atom stereocenters. The molecule has 0 N–H and O–H groups in total. The van der Waals surface area contributed by atoms with Crippen LogP contribution >= 0.6 is 15.9 Å². The molecule has 0 amide bonds. The second-order valence-electron chi connectivity index (χ2n) is 4.72. The van der Waals surface area contributed by atoms with Gasteiger partial charge in [0.15, 0.2) is 0 Å². The van der Waals surface area contributed by atoms with Gasteiger partial charge in [0.05, 0.1) is 0 Å². The third-order valence-electron chi connectivity index (χ3n) is 3.64. The lowest BCUT2D eigenvalue weighted by molar-refractivity contribution is 0.468. The molecule has 0 spiro atoms. The number of aryl methyl sites for hydroxylation is 1. The predicted molar refractivity (Wildman–Crippen MR) is 69.7 cm³/mol. The van der Waals surface area contributed by atoms with E-state index in [9.17, 15) is 0 Å². The maximum Gasteiger partial charge on any atom is 0.0103 e. The average molecular weight is 267 g/mol. The fraction of sp³-hybridized carbons (Fsp3) is 0.571. The minimum atomic E-state index is 0.730. The van der Waals surface area contributed by atoms with Crippen LogP contribution < -0.4 is 0 Å². The van der Waals surface area contributed by atoms with Crippen LogP contribution in [0.2, 0.25) is 0 Å². The van der Waals surface area contributed by atoms with Gasteiger partial charge >= 0.3 is 0 Å². The summed E-state index contributed by atoms with van der Waals surface area (Å²) >= 11 is 3.68. The average Bonchev–Trinajstić information content (AvgIpc) is 2.75. The van der Waals surface area contributed by atoms with E-state index in [1.54, 1.807) is 0 Å². The zero-order valence-corrected chi connectivity index (χ0v) is 11.0. The van der Waals surface area contributed by atoms with Crippen LogP contribution in [-0.2, 0) is 0 Å². The van der Waals surface area contributed by atoms with Gasteiger partial charge in [-0.15, -0.1) is 0 Å². The van der Waals surface area contributed by atoms with E-state index >= 15 is 0 Å². The Kier molecular flexibility index (Phi) is 3.85. The molecule has 0 heterocycles. The molecule has 1 fully saturated rings. The quantitative estimate of drug-likeness (QED) is 0.698. The second-order valence-corrected chi connectivity index (χ2v) is 5.36. The van der Waals surface area contributed by atoms with Crippen molar-refractivity contribution in [3.63, 3.8) is 0 Å². The van der Waals surface area contributed by atoms with Crippen molar-refractivity contribution in [3.8, 4) is 0 Å². The monoisotopic (exact) mass is 266 g/mol. The van der Waals surface area contributed by atoms with E-state index in [-0.39, 0.29) is 0 Å². The van der Waals surface area contributed by atoms with Crippen molar-refractivity contribution in [3.05, 3.63) is 35.4 Å². The third kappa shape index (κ3) is 2.63. The summed E-state index contributed by atoms with van der Waals surface area (Å²) in [5.41, 5.74) is 2.88. The molecule has 82 valence electrons. The highest BCUT2D eigenvalue weighted by molar-refractivity contribution is 9.09. The molecule has 2 rings (SSSR count). The molecule has 0 nitrogen and oxygen atoms in total. The Bertz CT molecular complexity index is 296. The first-order chi connectivity index (χ1) is 7.31. The summed E-state index contributed by atoms with van der Waals surface area (Å²) in [5.74, 6) is 1.64. The Balaban J connectivity index is 2.14. The number of halogens is 1. The highest BCUT2D eigenvalue weighted by atomic mass is 79.9. The lowest BCUT2D eigenvalue weighted by Gasteiger charge is -2.21. The Hall–Kier alpha value is -0.300. The van der Waals surface area contributed by atoms with E-state index in [4.69, 9.17) is 0 Å². The van der Waals surface area contributed by atoms with Crippen molar-refractivity contribution >= 4 is 15.9 Å². The standard InChI is InChI=1S/C14H19Br/c1-11-6-8-13(9-7-11)14(10-15)12-4-2-3-5-12/h6-9,12,14H,2-5,10H2,1H3. The second kappa shape index (κ2) is 5.16. The smallest absolute Gasteiger partial charge is 0.0103 e. The van der Waals surface area contributed by atoms with Gasteiger partial charge in [-0.25, -0.2) is 0 Å². The Morgan fingerprint density at radius 3 is 2.33 bits per heavy atom. The maximum absolute atomic E-state index is 3.68. The number of hydrogen-bond donors (Lipinski definition) is 0. The van der Waals surface area contributed by atoms with Crippen molar-refractivity contribution in [2.45, 2.75) is 38.5 Å². The highest BCUT2D eigenvalue weighted by Crippen LogP contribution is 2.38. The summed E-state index contributed by atoms with van der Waals surface area (Å²) in [6.07, 6.45) is 5.70. The molecule has 0 saturated heterocycles. The number of alkyl halides is 1. The van der Waals surface area contributed by atoms with Gasteiger partial charge in [-0.3, -0.25) is 0 Å². The van der Waals surface area contributed by atoms with E-state index in [0.717, 1.165) is 17.2 Å². The van der Waals surface area contributed by atoms with Gasteiger partial charge in [0.1, 0.15) is 0 Å². The van der Waals surface area contributed by atoms with Gasteiger partial charge in [-0.05, 0) is 37.2 Å². The molecule has 15 heavy (non-hydrogen) atoms. The molecule has 1 heteroatoms. The number of hydrogen-bond acceptors (Lipinski definition) is 0. The SMILES string of the molecule is Cc1ccc(C(CBr)C2CCCC2)cc1. The van der Waals surface area contributed by atoms with Crippen molar-refractivity contribution in [1.82, 2.24) is 0 Å². The van der Waals surface area contributed by atoms with Gasteiger partial charge in [-0.1, -0.05) is 58.6 Å². The van der Waals surface area contributed by atoms with E-state index in [1.807, 2.05) is 0 Å². The van der Waals surface area contributed by atoms with Crippen LogP contribution in [0.15, 0.2) is 24.3 Å². The molecule has 1 aliphatic carbocycles. The fourth-order valence-electron chi connectivity index (χ4n) is 2.66. The fourth-order valence-corrected chi connectivity index (χ4v) is 3.56. The molecule has 1 aromatic carbocycles. The molecular formula is C14H19Br. The first-order valence-electron chi connectivity index (χ1n) is 5.94. The topological polar surface area (TPSA) is 0 Å². The van der Waals surface area contributed by atoms with Crippen LogP contribution in [0.25, 0.3) is 0 Å². The van der Waals surface area contributed by atoms with E-state index in [2.05, 4.69) is 47.1 Å². The Morgan fingerprint density at radius 1 is 1.20 bits per heavy atom. The largest absolute Gasteiger partial charge is 0.0921 e. The summed E-state index contributed by atoms with van der Waals surface area (Å²) in [6, 6.07) is 9.08. The van der Waals surface area contributed by atoms with Gasteiger partial charge in [0, 0.05) is 5.33 Å². The zero-order chi connectivity index (χ0) is 10.7. The molecule has 1 unspecified atom stereocenters. The summed E-state index contributed by atoms with van der Waals surface area (Å²) < 4.78 is 0. The van der Waals surface area contributed by atoms with Crippen molar-refractivity contribution in [1.29, 1.82) is 0 Å². The van der Waals surface area contributed by atoms with Crippen LogP contribution in [-0.4, -0.2) is 5.33 Å². The molecule has 0 bridgehead atoms. The van der Waals surface area contributed by atoms with Crippen LogP contribution in [0.4, 0.5) is 0 Å². The van der Waals surface area contributed by atoms with Crippen LogP contribution in [0, 0.1) is 12.8 Å². The van der Waals surface area contributed by atoms with Gasteiger partial charge in [0.25, 0.3) is 0 Å². The van der Waals surface area contributed by atoms with Crippen LogP contribution in [0.1, 0.15) is 42.7 Å². The van der Waals surface area contributed by atoms with Crippen molar-refractivity contribution in [2.24, 2.45) is 5.92 Å². The van der Waals surface area contributed by atoms with E-state index < -0.39 is 0 Å². The number of benzene rings is 1. The minimum Gasteiger partial charge on any atom is -0.0921 e. The summed E-state index contributed by atoms with van der Waals surface area (Å²) in [7, 11) is 0. The van der Waals surface area contributed by atoms with Crippen molar-refractivity contribution in [2.75, 3.05) is 5.33 Å². The third-order valence-corrected chi connectivity index (χ3v) is 4.34. The molecule has 1 aromatic rings. The molecule has 1 aliphatic rings. The van der Waals surface area contributed by atoms with Gasteiger partial charge in [-0.2, -0.15) is 0 Å². The van der Waals surface area contributed by atoms with Crippen molar-refractivity contribution < 1.29 is 0 Å². The van der Waals surface area contributed by atoms with E-state index in [0.29, 0.717) is 0 Å². The summed E-state index contributed by atoms with van der Waals surface area (Å²) in [6.45, 7) is 2.16. The van der Waals surface area contributed by atoms with Gasteiger partial charge in [0.2, 0.25) is 0 Å². The molecule has 0 radical (unpaired) electrons.